The van der Waals surface area contributed by atoms with Gasteiger partial charge in [0.1, 0.15) is 0 Å². The van der Waals surface area contributed by atoms with Gasteiger partial charge in [0.15, 0.2) is 0 Å². The molecular weight excluding hydrogens is 264 g/mol. The van der Waals surface area contributed by atoms with Gasteiger partial charge < -0.3 is 10.4 Å². The van der Waals surface area contributed by atoms with Crippen LogP contribution in [0.4, 0.5) is 0 Å². The van der Waals surface area contributed by atoms with E-state index in [2.05, 4.69) is 10.3 Å². The van der Waals surface area contributed by atoms with E-state index in [1.807, 2.05) is 30.3 Å². The van der Waals surface area contributed by atoms with Gasteiger partial charge in [-0.15, -0.1) is 0 Å². The third kappa shape index (κ3) is 1.66. The number of aliphatic hydroxyl groups is 1. The van der Waals surface area contributed by atoms with Gasteiger partial charge in [-0.3, -0.25) is 4.79 Å². The number of pyridine rings is 1. The lowest BCUT2D eigenvalue weighted by atomic mass is 9.98. The monoisotopic (exact) mass is 276 g/mol. The average Bonchev–Trinajstić information content (AvgIpc) is 2.80. The molecule has 0 spiro atoms. The highest BCUT2D eigenvalue weighted by Crippen LogP contribution is 2.34. The first-order valence-electron chi connectivity index (χ1n) is 6.69. The maximum atomic E-state index is 12.0. The number of carbonyl (C=O) groups is 1. The fraction of sp³-hybridized carbons (Fsp3) is 0.0588. The lowest BCUT2D eigenvalue weighted by Crippen LogP contribution is -2.40. The van der Waals surface area contributed by atoms with Crippen molar-refractivity contribution < 1.29 is 9.90 Å². The van der Waals surface area contributed by atoms with Crippen molar-refractivity contribution >= 4 is 16.8 Å². The van der Waals surface area contributed by atoms with Crippen molar-refractivity contribution in [1.82, 2.24) is 10.3 Å². The van der Waals surface area contributed by atoms with Gasteiger partial charge in [0.25, 0.3) is 5.91 Å². The second-order valence-corrected chi connectivity index (χ2v) is 5.10. The predicted molar refractivity (Wildman–Crippen MR) is 78.7 cm³/mol. The number of rotatable bonds is 1. The lowest BCUT2D eigenvalue weighted by Gasteiger charge is -2.23. The molecule has 102 valence electrons. The molecule has 1 atom stereocenters. The van der Waals surface area contributed by atoms with Crippen molar-refractivity contribution in [2.45, 2.75) is 5.72 Å². The minimum atomic E-state index is -1.57. The Morgan fingerprint density at radius 1 is 0.952 bits per heavy atom. The zero-order chi connectivity index (χ0) is 14.4. The quantitative estimate of drug-likeness (QED) is 0.716. The molecule has 2 heterocycles. The van der Waals surface area contributed by atoms with E-state index in [-0.39, 0.29) is 5.91 Å². The van der Waals surface area contributed by atoms with Gasteiger partial charge in [0, 0.05) is 16.5 Å². The number of carbonyl (C=O) groups excluding carboxylic acids is 1. The summed E-state index contributed by atoms with van der Waals surface area (Å²) in [5.74, 6) is -0.289. The van der Waals surface area contributed by atoms with Gasteiger partial charge in [0.2, 0.25) is 5.72 Å². The Labute approximate surface area is 121 Å². The zero-order valence-corrected chi connectivity index (χ0v) is 11.1. The molecule has 0 unspecified atom stereocenters. The number of nitrogens with zero attached hydrogens (tertiary/aromatic N) is 1. The van der Waals surface area contributed by atoms with Crippen LogP contribution in [-0.2, 0) is 5.72 Å². The summed E-state index contributed by atoms with van der Waals surface area (Å²) in [6.07, 6.45) is 0. The number of amides is 1. The average molecular weight is 276 g/mol. The van der Waals surface area contributed by atoms with Gasteiger partial charge in [-0.05, 0) is 18.2 Å². The second kappa shape index (κ2) is 4.14. The van der Waals surface area contributed by atoms with Crippen molar-refractivity contribution in [1.29, 1.82) is 0 Å². The van der Waals surface area contributed by atoms with Crippen LogP contribution in [0.1, 0.15) is 21.6 Å². The van der Waals surface area contributed by atoms with Gasteiger partial charge in [-0.25, -0.2) is 4.98 Å². The summed E-state index contributed by atoms with van der Waals surface area (Å²) < 4.78 is 0. The molecule has 0 aliphatic carbocycles. The van der Waals surface area contributed by atoms with Crippen LogP contribution in [0.25, 0.3) is 10.9 Å². The molecule has 0 radical (unpaired) electrons. The maximum absolute atomic E-state index is 12.0. The van der Waals surface area contributed by atoms with Crippen molar-refractivity contribution in [2.24, 2.45) is 0 Å². The van der Waals surface area contributed by atoms with E-state index < -0.39 is 5.72 Å². The van der Waals surface area contributed by atoms with Crippen LogP contribution in [0.2, 0.25) is 0 Å². The molecule has 1 aliphatic heterocycles. The first kappa shape index (κ1) is 12.1. The Morgan fingerprint density at radius 3 is 2.62 bits per heavy atom. The van der Waals surface area contributed by atoms with Gasteiger partial charge in [0.05, 0.1) is 11.2 Å². The van der Waals surface area contributed by atoms with E-state index in [0.29, 0.717) is 16.8 Å². The van der Waals surface area contributed by atoms with E-state index in [1.54, 1.807) is 30.3 Å². The molecule has 1 aromatic heterocycles. The highest BCUT2D eigenvalue weighted by Gasteiger charge is 2.43. The normalized spacial score (nSPS) is 20.3. The van der Waals surface area contributed by atoms with Crippen LogP contribution in [0, 0.1) is 0 Å². The predicted octanol–water partition coefficient (Wildman–Crippen LogP) is 2.17. The van der Waals surface area contributed by atoms with Crippen molar-refractivity contribution in [3.8, 4) is 0 Å². The number of hydrogen-bond donors (Lipinski definition) is 2. The second-order valence-electron chi connectivity index (χ2n) is 5.10. The number of aromatic nitrogens is 1. The number of para-hydroxylation sites is 1. The Kier molecular flexibility index (Phi) is 2.37. The van der Waals surface area contributed by atoms with E-state index >= 15 is 0 Å². The summed E-state index contributed by atoms with van der Waals surface area (Å²) in [4.78, 5) is 16.5. The largest absolute Gasteiger partial charge is 0.362 e. The summed E-state index contributed by atoms with van der Waals surface area (Å²) >= 11 is 0. The number of nitrogens with one attached hydrogen (secondary N) is 1. The summed E-state index contributed by atoms with van der Waals surface area (Å²) in [5.41, 5.74) is 0.645. The third-order valence-corrected chi connectivity index (χ3v) is 3.83. The topological polar surface area (TPSA) is 62.2 Å². The minimum absolute atomic E-state index is 0.289. The van der Waals surface area contributed by atoms with Crippen LogP contribution >= 0.6 is 0 Å². The molecule has 0 fully saturated rings. The number of hydrogen-bond acceptors (Lipinski definition) is 3. The molecule has 2 aromatic carbocycles. The molecule has 4 nitrogen and oxygen atoms in total. The molecule has 2 N–H and O–H groups in total. The minimum Gasteiger partial charge on any atom is -0.362 e. The molecule has 1 amide bonds. The van der Waals surface area contributed by atoms with Gasteiger partial charge in [-0.1, -0.05) is 42.5 Å². The highest BCUT2D eigenvalue weighted by atomic mass is 16.3. The fourth-order valence-corrected chi connectivity index (χ4v) is 2.77. The summed E-state index contributed by atoms with van der Waals surface area (Å²) in [6.45, 7) is 0. The molecule has 0 saturated carbocycles. The Hall–Kier alpha value is -2.72. The molecule has 1 aliphatic rings. The molecule has 0 bridgehead atoms. The molecule has 4 heteroatoms. The number of benzene rings is 2. The van der Waals surface area contributed by atoms with Gasteiger partial charge >= 0.3 is 0 Å². The van der Waals surface area contributed by atoms with E-state index in [9.17, 15) is 9.90 Å². The molecule has 3 aromatic rings. The van der Waals surface area contributed by atoms with Crippen molar-refractivity contribution in [3.05, 3.63) is 77.5 Å². The van der Waals surface area contributed by atoms with Crippen LogP contribution in [0.5, 0.6) is 0 Å². The van der Waals surface area contributed by atoms with E-state index in [0.717, 1.165) is 10.9 Å². The summed E-state index contributed by atoms with van der Waals surface area (Å²) in [6, 6.07) is 18.3. The highest BCUT2D eigenvalue weighted by molar-refractivity contribution is 6.00. The van der Waals surface area contributed by atoms with Crippen LogP contribution in [0.3, 0.4) is 0 Å². The van der Waals surface area contributed by atoms with E-state index in [1.165, 1.54) is 0 Å². The molecule has 0 saturated heterocycles. The Bertz CT molecular complexity index is 875. The van der Waals surface area contributed by atoms with Crippen LogP contribution in [0.15, 0.2) is 60.7 Å². The van der Waals surface area contributed by atoms with Crippen LogP contribution < -0.4 is 5.32 Å². The maximum Gasteiger partial charge on any atom is 0.254 e. The lowest BCUT2D eigenvalue weighted by molar-refractivity contribution is 0.0447. The zero-order valence-electron chi connectivity index (χ0n) is 11.1. The third-order valence-electron chi connectivity index (χ3n) is 3.83. The van der Waals surface area contributed by atoms with E-state index in [4.69, 9.17) is 0 Å². The van der Waals surface area contributed by atoms with Gasteiger partial charge in [-0.2, -0.15) is 0 Å². The Balaban J connectivity index is 1.94. The van der Waals surface area contributed by atoms with Crippen molar-refractivity contribution in [2.75, 3.05) is 0 Å². The van der Waals surface area contributed by atoms with Crippen LogP contribution in [-0.4, -0.2) is 16.0 Å². The fourth-order valence-electron chi connectivity index (χ4n) is 2.77. The summed E-state index contributed by atoms with van der Waals surface area (Å²) in [5, 5.41) is 14.6. The van der Waals surface area contributed by atoms with Crippen molar-refractivity contribution in [3.63, 3.8) is 0 Å². The first-order valence-corrected chi connectivity index (χ1v) is 6.69. The number of fused-ring (bicyclic) bond motifs is 2. The SMILES string of the molecule is O=C1N[C@@](O)(c2ccc3ccccc3n2)c2ccccc21. The Morgan fingerprint density at radius 2 is 1.71 bits per heavy atom. The molecule has 21 heavy (non-hydrogen) atoms. The smallest absolute Gasteiger partial charge is 0.254 e. The standard InChI is InChI=1S/C17H12N2O2/c20-16-12-6-2-3-7-13(12)17(21,19-16)15-10-9-11-5-1-4-8-14(11)18-15/h1-10,21H,(H,19,20)/t17-/m0/s1. The molecular formula is C17H12N2O2. The first-order chi connectivity index (χ1) is 10.2. The summed E-state index contributed by atoms with van der Waals surface area (Å²) in [7, 11) is 0. The molecule has 4 rings (SSSR count).